The van der Waals surface area contributed by atoms with E-state index < -0.39 is 8.80 Å². The Hall–Kier alpha value is 0.774. The van der Waals surface area contributed by atoms with Gasteiger partial charge < -0.3 is 0 Å². The summed E-state index contributed by atoms with van der Waals surface area (Å²) in [5.74, 6) is 0. The van der Waals surface area contributed by atoms with Crippen LogP contribution in [0.1, 0.15) is 40.0 Å². The van der Waals surface area contributed by atoms with Gasteiger partial charge in [0.2, 0.25) is 0 Å². The fourth-order valence-corrected chi connectivity index (χ4v) is 7.25. The van der Waals surface area contributed by atoms with Gasteiger partial charge in [0, 0.05) is 0 Å². The van der Waals surface area contributed by atoms with Crippen molar-refractivity contribution in [2.75, 3.05) is 13.1 Å². The van der Waals surface area contributed by atoms with Crippen molar-refractivity contribution >= 4 is 26.5 Å². The molecule has 0 aromatic heterocycles. The van der Waals surface area contributed by atoms with Crippen molar-refractivity contribution < 1.29 is 0 Å². The zero-order valence-corrected chi connectivity index (χ0v) is 11.6. The van der Waals surface area contributed by atoms with E-state index in [0.29, 0.717) is 3.84 Å². The Labute approximate surface area is 100 Å². The summed E-state index contributed by atoms with van der Waals surface area (Å²) in [5, 5.41) is 0. The summed E-state index contributed by atoms with van der Waals surface area (Å²) in [4.78, 5) is 2.69. The predicted molar refractivity (Wildman–Crippen MR) is 67.7 cm³/mol. The average Bonchev–Trinajstić information content (AvgIpc) is 2.20. The SMILES string of the molecule is [Li][C](C)(N(CC)CC)[SiH]1CCCCC1. The van der Waals surface area contributed by atoms with E-state index in [2.05, 4.69) is 43.4 Å². The van der Waals surface area contributed by atoms with Crippen molar-refractivity contribution in [3.63, 3.8) is 0 Å². The van der Waals surface area contributed by atoms with Gasteiger partial charge in [-0.2, -0.15) is 0 Å². The molecule has 78 valence electrons. The van der Waals surface area contributed by atoms with Crippen molar-refractivity contribution in [1.29, 1.82) is 0 Å². The van der Waals surface area contributed by atoms with Gasteiger partial charge in [0.15, 0.2) is 0 Å². The van der Waals surface area contributed by atoms with Gasteiger partial charge in [-0.15, -0.1) is 0 Å². The normalized spacial score (nSPS) is 23.9. The van der Waals surface area contributed by atoms with Gasteiger partial charge in [-0.1, -0.05) is 0 Å². The average molecular weight is 205 g/mol. The molecule has 1 saturated heterocycles. The first-order valence-electron chi connectivity index (χ1n) is 6.38. The van der Waals surface area contributed by atoms with E-state index in [1.165, 1.54) is 32.4 Å². The van der Waals surface area contributed by atoms with Gasteiger partial charge in [0.25, 0.3) is 0 Å². The molecule has 0 N–H and O–H groups in total. The van der Waals surface area contributed by atoms with Gasteiger partial charge in [0.1, 0.15) is 0 Å². The summed E-state index contributed by atoms with van der Waals surface area (Å²) < 4.78 is 0.559. The Morgan fingerprint density at radius 1 is 1.14 bits per heavy atom. The third-order valence-corrected chi connectivity index (χ3v) is 8.76. The van der Waals surface area contributed by atoms with E-state index in [4.69, 9.17) is 0 Å². The van der Waals surface area contributed by atoms with Crippen molar-refractivity contribution in [2.45, 2.75) is 56.0 Å². The van der Waals surface area contributed by atoms with Crippen molar-refractivity contribution in [2.24, 2.45) is 0 Å². The Bertz CT molecular complexity index is 163. The molecule has 0 saturated carbocycles. The topological polar surface area (TPSA) is 3.24 Å². The molecule has 1 rings (SSSR count). The molecule has 3 heteroatoms. The first-order valence-corrected chi connectivity index (χ1v) is 8.59. The number of hydrogen-bond donors (Lipinski definition) is 0. The molecule has 14 heavy (non-hydrogen) atoms. The van der Waals surface area contributed by atoms with Gasteiger partial charge in [-0.25, -0.2) is 0 Å². The maximum atomic E-state index is 2.69. The van der Waals surface area contributed by atoms with Crippen LogP contribution >= 0.6 is 0 Å². The molecule has 1 aliphatic rings. The molecule has 0 bridgehead atoms. The molecule has 1 nitrogen and oxygen atoms in total. The van der Waals surface area contributed by atoms with Crippen LogP contribution < -0.4 is 0 Å². The maximum absolute atomic E-state index is 2.69. The third kappa shape index (κ3) is 2.89. The Morgan fingerprint density at radius 3 is 2.07 bits per heavy atom. The van der Waals surface area contributed by atoms with Gasteiger partial charge >= 0.3 is 100 Å². The number of rotatable bonds is 4. The van der Waals surface area contributed by atoms with Crippen molar-refractivity contribution in [1.82, 2.24) is 4.90 Å². The van der Waals surface area contributed by atoms with Gasteiger partial charge in [-0.3, -0.25) is 0 Å². The zero-order chi connectivity index (χ0) is 10.6. The second kappa shape index (κ2) is 5.75. The molecule has 0 aromatic carbocycles. The predicted octanol–water partition coefficient (Wildman–Crippen LogP) is 2.16. The van der Waals surface area contributed by atoms with E-state index >= 15 is 0 Å². The summed E-state index contributed by atoms with van der Waals surface area (Å²) in [6.45, 7) is 9.58. The third-order valence-electron chi connectivity index (χ3n) is 4.18. The van der Waals surface area contributed by atoms with Crippen LogP contribution in [0.5, 0.6) is 0 Å². The summed E-state index contributed by atoms with van der Waals surface area (Å²) in [5.41, 5.74) is 0. The van der Waals surface area contributed by atoms with Crippen LogP contribution in [0, 0.1) is 0 Å². The fraction of sp³-hybridized carbons (Fsp3) is 1.00. The van der Waals surface area contributed by atoms with Crippen molar-refractivity contribution in [3.05, 3.63) is 0 Å². The molecule has 1 atom stereocenters. The van der Waals surface area contributed by atoms with E-state index in [9.17, 15) is 0 Å². The summed E-state index contributed by atoms with van der Waals surface area (Å²) in [6, 6.07) is 3.17. The van der Waals surface area contributed by atoms with Gasteiger partial charge in [0.05, 0.1) is 0 Å². The second-order valence-electron chi connectivity index (χ2n) is 5.16. The van der Waals surface area contributed by atoms with Gasteiger partial charge in [-0.05, 0) is 0 Å². The van der Waals surface area contributed by atoms with Crippen LogP contribution in [-0.2, 0) is 0 Å². The fourth-order valence-electron chi connectivity index (χ4n) is 3.11. The standard InChI is InChI=1S/C11H24NSi.Li/c1-4-12(5-2)11(3)13-9-7-6-8-10-13;/h13H,4-10H2,1-3H3;. The number of nitrogens with zero attached hydrogens (tertiary/aromatic N) is 1. The quantitative estimate of drug-likeness (QED) is 0.636. The second-order valence-corrected chi connectivity index (χ2v) is 9.12. The monoisotopic (exact) mass is 205 g/mol. The first kappa shape index (κ1) is 12.8. The summed E-state index contributed by atoms with van der Waals surface area (Å²) in [6.07, 6.45) is 4.53. The summed E-state index contributed by atoms with van der Waals surface area (Å²) >= 11 is 2.50. The van der Waals surface area contributed by atoms with E-state index in [1.54, 1.807) is 12.1 Å². The Balaban J connectivity index is 2.60. The van der Waals surface area contributed by atoms with Crippen LogP contribution in [-0.4, -0.2) is 48.3 Å². The van der Waals surface area contributed by atoms with Crippen molar-refractivity contribution in [3.8, 4) is 0 Å². The molecule has 0 aliphatic carbocycles. The zero-order valence-electron chi connectivity index (χ0n) is 10.5. The minimum absolute atomic E-state index is 0.502. The number of hydrogen-bond acceptors (Lipinski definition) is 1. The first-order chi connectivity index (χ1) is 6.62. The van der Waals surface area contributed by atoms with Crippen LogP contribution in [0.3, 0.4) is 0 Å². The van der Waals surface area contributed by atoms with Crippen LogP contribution in [0.15, 0.2) is 0 Å². The van der Waals surface area contributed by atoms with Crippen LogP contribution in [0.4, 0.5) is 0 Å². The Kier molecular flexibility index (Phi) is 5.27. The molecule has 0 amide bonds. The minimum atomic E-state index is -0.502. The van der Waals surface area contributed by atoms with Crippen LogP contribution in [0.25, 0.3) is 0 Å². The Morgan fingerprint density at radius 2 is 1.64 bits per heavy atom. The molecule has 0 aromatic rings. The van der Waals surface area contributed by atoms with E-state index in [0.717, 1.165) is 0 Å². The van der Waals surface area contributed by atoms with Crippen LogP contribution in [0.2, 0.25) is 12.1 Å². The molecule has 1 aliphatic heterocycles. The molecule has 1 heterocycles. The molecule has 1 unspecified atom stereocenters. The molecule has 1 fully saturated rings. The molecule has 0 spiro atoms. The molecular formula is C11H24LiNSi. The van der Waals surface area contributed by atoms with E-state index in [1.807, 2.05) is 0 Å². The van der Waals surface area contributed by atoms with E-state index in [-0.39, 0.29) is 0 Å². The summed E-state index contributed by atoms with van der Waals surface area (Å²) in [7, 11) is -0.502. The molecular weight excluding hydrogens is 181 g/mol. The molecule has 0 radical (unpaired) electrons.